The van der Waals surface area contributed by atoms with E-state index in [2.05, 4.69) is 26.0 Å². The van der Waals surface area contributed by atoms with Crippen LogP contribution in [0.15, 0.2) is 59.7 Å². The van der Waals surface area contributed by atoms with Gasteiger partial charge in [0.05, 0.1) is 22.7 Å². The Morgan fingerprint density at radius 3 is 2.62 bits per heavy atom. The molecule has 0 fully saturated rings. The number of allylic oxidation sites excluding steroid dienone is 1. The third-order valence-corrected chi connectivity index (χ3v) is 5.29. The number of nitriles is 1. The molecule has 0 aliphatic carbocycles. The largest absolute Gasteiger partial charge is 0.265 e. The van der Waals surface area contributed by atoms with Crippen LogP contribution in [0.3, 0.4) is 0 Å². The summed E-state index contributed by atoms with van der Waals surface area (Å²) in [5.41, 5.74) is 3.86. The number of thiazole rings is 2. The molecule has 124 valence electrons. The van der Waals surface area contributed by atoms with Crippen LogP contribution in [0, 0.1) is 11.3 Å². The molecule has 5 nitrogen and oxygen atoms in total. The number of hydrogen-bond acceptors (Lipinski definition) is 7. The van der Waals surface area contributed by atoms with Gasteiger partial charge in [-0.25, -0.2) is 9.97 Å². The number of aromatic nitrogens is 4. The molecule has 4 heterocycles. The van der Waals surface area contributed by atoms with Crippen molar-refractivity contribution in [3.63, 3.8) is 0 Å². The van der Waals surface area contributed by atoms with Crippen LogP contribution in [-0.2, 0) is 0 Å². The van der Waals surface area contributed by atoms with Crippen LogP contribution in [0.5, 0.6) is 0 Å². The first-order valence-corrected chi connectivity index (χ1v) is 9.44. The van der Waals surface area contributed by atoms with E-state index in [4.69, 9.17) is 0 Å². The lowest BCUT2D eigenvalue weighted by Gasteiger charge is -1.95. The zero-order chi connectivity index (χ0) is 17.8. The molecule has 0 amide bonds. The van der Waals surface area contributed by atoms with E-state index >= 15 is 0 Å². The van der Waals surface area contributed by atoms with Crippen LogP contribution in [0.1, 0.15) is 10.7 Å². The van der Waals surface area contributed by atoms with Crippen LogP contribution in [-0.4, -0.2) is 19.9 Å². The molecule has 0 spiro atoms. The lowest BCUT2D eigenvalue weighted by Crippen LogP contribution is -1.84. The van der Waals surface area contributed by atoms with E-state index in [0.717, 1.165) is 27.7 Å². The van der Waals surface area contributed by atoms with Crippen molar-refractivity contribution in [3.8, 4) is 28.0 Å². The molecular formula is C19H11N5S2. The molecule has 0 radical (unpaired) electrons. The van der Waals surface area contributed by atoms with Crippen LogP contribution in [0.25, 0.3) is 33.6 Å². The summed E-state index contributed by atoms with van der Waals surface area (Å²) in [5.74, 6) is 0. The second kappa shape index (κ2) is 7.35. The van der Waals surface area contributed by atoms with Gasteiger partial charge in [-0.3, -0.25) is 9.97 Å². The second-order valence-electron chi connectivity index (χ2n) is 5.24. The molecule has 0 N–H and O–H groups in total. The van der Waals surface area contributed by atoms with Gasteiger partial charge in [0.2, 0.25) is 0 Å². The maximum atomic E-state index is 9.55. The van der Waals surface area contributed by atoms with E-state index in [1.54, 1.807) is 24.7 Å². The monoisotopic (exact) mass is 373 g/mol. The standard InChI is InChI=1S/C19H11N5S2/c20-10-14(18-24-17(12-26-18)13-4-7-21-8-5-13)9-15-11-25-19(23-15)16-3-1-2-6-22-16/h1-9,11-12H/b14-9-. The van der Waals surface area contributed by atoms with Crippen LogP contribution < -0.4 is 0 Å². The summed E-state index contributed by atoms with van der Waals surface area (Å²) in [5, 5.41) is 14.9. The maximum absolute atomic E-state index is 9.55. The molecular weight excluding hydrogens is 362 g/mol. The molecule has 0 unspecified atom stereocenters. The molecule has 7 heteroatoms. The highest BCUT2D eigenvalue weighted by atomic mass is 32.1. The van der Waals surface area contributed by atoms with Crippen molar-refractivity contribution < 1.29 is 0 Å². The van der Waals surface area contributed by atoms with Crippen molar-refractivity contribution in [1.82, 2.24) is 19.9 Å². The fraction of sp³-hybridized carbons (Fsp3) is 0. The highest BCUT2D eigenvalue weighted by molar-refractivity contribution is 7.13. The molecule has 4 rings (SSSR count). The van der Waals surface area contributed by atoms with Gasteiger partial charge >= 0.3 is 0 Å². The Balaban J connectivity index is 1.63. The Morgan fingerprint density at radius 2 is 1.85 bits per heavy atom. The third-order valence-electron chi connectivity index (χ3n) is 3.53. The minimum Gasteiger partial charge on any atom is -0.265 e. The minimum absolute atomic E-state index is 0.494. The first-order chi connectivity index (χ1) is 12.8. The maximum Gasteiger partial charge on any atom is 0.142 e. The fourth-order valence-corrected chi connectivity index (χ4v) is 3.85. The topological polar surface area (TPSA) is 75.3 Å². The van der Waals surface area contributed by atoms with Crippen molar-refractivity contribution in [3.05, 3.63) is 70.4 Å². The van der Waals surface area contributed by atoms with Crippen LogP contribution in [0.2, 0.25) is 0 Å². The van der Waals surface area contributed by atoms with Gasteiger partial charge in [0.1, 0.15) is 16.1 Å². The average Bonchev–Trinajstić information content (AvgIpc) is 3.37. The van der Waals surface area contributed by atoms with Crippen molar-refractivity contribution in [2.45, 2.75) is 0 Å². The van der Waals surface area contributed by atoms with Crippen molar-refractivity contribution in [1.29, 1.82) is 5.26 Å². The molecule has 0 saturated heterocycles. The zero-order valence-corrected chi connectivity index (χ0v) is 15.0. The normalized spacial score (nSPS) is 11.3. The van der Waals surface area contributed by atoms with Crippen LogP contribution in [0.4, 0.5) is 0 Å². The van der Waals surface area contributed by atoms with Gasteiger partial charge in [-0.15, -0.1) is 22.7 Å². The van der Waals surface area contributed by atoms with E-state index in [9.17, 15) is 5.26 Å². The van der Waals surface area contributed by atoms with E-state index in [0.29, 0.717) is 10.6 Å². The summed E-state index contributed by atoms with van der Waals surface area (Å²) >= 11 is 2.94. The van der Waals surface area contributed by atoms with E-state index in [-0.39, 0.29) is 0 Å². The van der Waals surface area contributed by atoms with Crippen molar-refractivity contribution in [2.75, 3.05) is 0 Å². The van der Waals surface area contributed by atoms with Gasteiger partial charge in [-0.2, -0.15) is 5.26 Å². The summed E-state index contributed by atoms with van der Waals surface area (Å²) in [4.78, 5) is 17.4. The van der Waals surface area contributed by atoms with Crippen molar-refractivity contribution >= 4 is 34.3 Å². The molecule has 0 aliphatic rings. The predicted molar refractivity (Wildman–Crippen MR) is 104 cm³/mol. The molecule has 0 bridgehead atoms. The van der Waals surface area contributed by atoms with Crippen LogP contribution >= 0.6 is 22.7 Å². The van der Waals surface area contributed by atoms with E-state index < -0.39 is 0 Å². The Hall–Kier alpha value is -3.21. The number of hydrogen-bond donors (Lipinski definition) is 0. The Bertz CT molecular complexity index is 1090. The summed E-state index contributed by atoms with van der Waals surface area (Å²) in [6.07, 6.45) is 6.95. The van der Waals surface area contributed by atoms with Gasteiger partial charge in [-0.1, -0.05) is 6.07 Å². The summed E-state index contributed by atoms with van der Waals surface area (Å²) in [6, 6.07) is 11.7. The highest BCUT2D eigenvalue weighted by Gasteiger charge is 2.11. The Labute approximate surface area is 158 Å². The Morgan fingerprint density at radius 1 is 0.962 bits per heavy atom. The molecule has 0 atom stereocenters. The van der Waals surface area contributed by atoms with Gasteiger partial charge in [0.15, 0.2) is 0 Å². The SMILES string of the molecule is N#C/C(=C/c1csc(-c2ccccn2)n1)c1nc(-c2ccncc2)cs1. The average molecular weight is 373 g/mol. The fourth-order valence-electron chi connectivity index (χ4n) is 2.30. The molecule has 26 heavy (non-hydrogen) atoms. The lowest BCUT2D eigenvalue weighted by atomic mass is 10.2. The van der Waals surface area contributed by atoms with Gasteiger partial charge < -0.3 is 0 Å². The third kappa shape index (κ3) is 3.42. The zero-order valence-electron chi connectivity index (χ0n) is 13.4. The molecule has 4 aromatic heterocycles. The second-order valence-corrected chi connectivity index (χ2v) is 6.95. The molecule has 0 saturated carbocycles. The Kier molecular flexibility index (Phi) is 4.60. The van der Waals surface area contributed by atoms with Gasteiger partial charge in [-0.05, 0) is 30.3 Å². The highest BCUT2D eigenvalue weighted by Crippen LogP contribution is 2.28. The van der Waals surface area contributed by atoms with E-state index in [1.165, 1.54) is 22.7 Å². The van der Waals surface area contributed by atoms with E-state index in [1.807, 2.05) is 41.1 Å². The molecule has 0 aliphatic heterocycles. The predicted octanol–water partition coefficient (Wildman–Crippen LogP) is 4.79. The number of pyridine rings is 2. The first-order valence-electron chi connectivity index (χ1n) is 7.68. The number of rotatable bonds is 4. The quantitative estimate of drug-likeness (QED) is 0.481. The number of nitrogens with zero attached hydrogens (tertiary/aromatic N) is 5. The summed E-state index contributed by atoms with van der Waals surface area (Å²) < 4.78 is 0. The smallest absolute Gasteiger partial charge is 0.142 e. The van der Waals surface area contributed by atoms with Gasteiger partial charge in [0.25, 0.3) is 0 Å². The summed E-state index contributed by atoms with van der Waals surface area (Å²) in [7, 11) is 0. The molecule has 4 aromatic rings. The van der Waals surface area contributed by atoms with Gasteiger partial charge in [0, 0.05) is 34.9 Å². The van der Waals surface area contributed by atoms with Crippen molar-refractivity contribution in [2.24, 2.45) is 0 Å². The molecule has 0 aromatic carbocycles. The summed E-state index contributed by atoms with van der Waals surface area (Å²) in [6.45, 7) is 0. The minimum atomic E-state index is 0.494. The first kappa shape index (κ1) is 16.3. The lowest BCUT2D eigenvalue weighted by molar-refractivity contribution is 1.28.